The van der Waals surface area contributed by atoms with Gasteiger partial charge in [-0.05, 0) is 90.2 Å². The molecule has 2 saturated heterocycles. The van der Waals surface area contributed by atoms with Crippen molar-refractivity contribution in [2.45, 2.75) is 57.5 Å². The number of aromatic carboxylic acids is 1. The van der Waals surface area contributed by atoms with Gasteiger partial charge < -0.3 is 35.9 Å². The van der Waals surface area contributed by atoms with Gasteiger partial charge in [0.15, 0.2) is 0 Å². The number of aromatic nitrogens is 3. The minimum atomic E-state index is -1.01. The fraction of sp³-hybridized carbons (Fsp3) is 0.289. The number of benzene rings is 2. The zero-order valence-corrected chi connectivity index (χ0v) is 33.3. The van der Waals surface area contributed by atoms with Crippen LogP contribution in [0.3, 0.4) is 0 Å². The number of aryl methyl sites for hydroxylation is 1. The SMILES string of the molecule is O=C(O)c1c2c(nn1CC(O)CNCc1cccs1)-c1ccncc1CC2.O=C1NCCN2NC3=C4C=CN(c5ccc(OCc6ccccc6)cc5)C=C4CCC3C12.[LiH]. The number of aliphatic hydroxyl groups excluding tert-OH is 1. The van der Waals surface area contributed by atoms with Gasteiger partial charge in [0.05, 0.1) is 18.3 Å². The van der Waals surface area contributed by atoms with E-state index in [9.17, 15) is 19.8 Å². The summed E-state index contributed by atoms with van der Waals surface area (Å²) in [5, 5.41) is 34.9. The first-order chi connectivity index (χ1) is 28.9. The summed E-state index contributed by atoms with van der Waals surface area (Å²) in [5.74, 6) is 0.243. The fourth-order valence-electron chi connectivity index (χ4n) is 8.58. The number of hydrogen-bond acceptors (Lipinski definition) is 11. The number of thiophene rings is 1. The number of carboxylic acid groups (broad SMARTS) is 1. The van der Waals surface area contributed by atoms with E-state index in [0.29, 0.717) is 38.4 Å². The average molecular weight is 819 g/mol. The molecule has 0 bridgehead atoms. The number of amides is 1. The number of nitrogens with zero attached hydrogens (tertiary/aromatic N) is 5. The van der Waals surface area contributed by atoms with Crippen LogP contribution < -0.4 is 25.7 Å². The van der Waals surface area contributed by atoms with Crippen molar-refractivity contribution in [3.63, 3.8) is 0 Å². The zero-order chi connectivity index (χ0) is 40.3. The summed E-state index contributed by atoms with van der Waals surface area (Å²) in [6, 6.07) is 24.2. The van der Waals surface area contributed by atoms with Crippen LogP contribution >= 0.6 is 11.3 Å². The molecule has 13 nitrogen and oxygen atoms in total. The number of allylic oxidation sites excluding steroid dienone is 3. The Labute approximate surface area is 364 Å². The van der Waals surface area contributed by atoms with E-state index in [1.807, 2.05) is 53.9 Å². The molecule has 5 N–H and O–H groups in total. The van der Waals surface area contributed by atoms with Crippen molar-refractivity contribution in [2.75, 3.05) is 24.5 Å². The second kappa shape index (κ2) is 18.4. The molecule has 1 amide bonds. The zero-order valence-electron chi connectivity index (χ0n) is 32.5. The molecule has 0 spiro atoms. The van der Waals surface area contributed by atoms with Gasteiger partial charge in [-0.2, -0.15) is 5.10 Å². The van der Waals surface area contributed by atoms with Crippen LogP contribution in [0, 0.1) is 5.92 Å². The van der Waals surface area contributed by atoms with Gasteiger partial charge in [0.1, 0.15) is 24.1 Å². The Balaban J connectivity index is 0.000000166. The molecular formula is C45H47LiN8O5S. The van der Waals surface area contributed by atoms with Crippen molar-refractivity contribution in [3.8, 4) is 17.0 Å². The third-order valence-corrected chi connectivity index (χ3v) is 12.3. The molecule has 60 heavy (non-hydrogen) atoms. The normalized spacial score (nSPS) is 19.1. The molecule has 3 aromatic heterocycles. The summed E-state index contributed by atoms with van der Waals surface area (Å²) >= 11 is 1.65. The quantitative estimate of drug-likeness (QED) is 0.117. The predicted molar refractivity (Wildman–Crippen MR) is 232 cm³/mol. The molecule has 3 unspecified atom stereocenters. The van der Waals surface area contributed by atoms with Crippen LogP contribution in [0.5, 0.6) is 5.75 Å². The van der Waals surface area contributed by atoms with Crippen molar-refractivity contribution in [2.24, 2.45) is 5.92 Å². The molecule has 2 aliphatic carbocycles. The van der Waals surface area contributed by atoms with E-state index >= 15 is 0 Å². The average Bonchev–Trinajstić information content (AvgIpc) is 4.02. The topological polar surface area (TPSA) is 157 Å². The Morgan fingerprint density at radius 2 is 1.90 bits per heavy atom. The molecule has 2 aromatic carbocycles. The molecular weight excluding hydrogens is 772 g/mol. The summed E-state index contributed by atoms with van der Waals surface area (Å²) in [6.45, 7) is 3.28. The van der Waals surface area contributed by atoms with Crippen LogP contribution in [0.4, 0.5) is 5.69 Å². The molecule has 0 saturated carbocycles. The monoisotopic (exact) mass is 818 g/mol. The number of carbonyl (C=O) groups excluding carboxylic acids is 1. The Bertz CT molecular complexity index is 2420. The van der Waals surface area contributed by atoms with Gasteiger partial charge in [0, 0.05) is 89.9 Å². The second-order valence-corrected chi connectivity index (χ2v) is 16.3. The Hall–Kier alpha value is -5.46. The molecule has 5 aromatic rings. The molecule has 3 aliphatic heterocycles. The summed E-state index contributed by atoms with van der Waals surface area (Å²) < 4.78 is 7.35. The number of anilines is 1. The van der Waals surface area contributed by atoms with Crippen LogP contribution in [-0.2, 0) is 37.3 Å². The van der Waals surface area contributed by atoms with Crippen LogP contribution in [0.15, 0.2) is 126 Å². The Kier molecular flexibility index (Phi) is 12.7. The minimum absolute atomic E-state index is 0. The van der Waals surface area contributed by atoms with Crippen LogP contribution in [0.2, 0.25) is 0 Å². The number of nitrogens with one attached hydrogen (secondary N) is 3. The van der Waals surface area contributed by atoms with Crippen LogP contribution in [-0.4, -0.2) is 92.5 Å². The second-order valence-electron chi connectivity index (χ2n) is 15.2. The molecule has 6 heterocycles. The molecule has 304 valence electrons. The van der Waals surface area contributed by atoms with Crippen molar-refractivity contribution < 1.29 is 24.5 Å². The number of hydrogen-bond donors (Lipinski definition) is 5. The van der Waals surface area contributed by atoms with E-state index < -0.39 is 12.1 Å². The van der Waals surface area contributed by atoms with E-state index in [1.165, 1.54) is 26.4 Å². The van der Waals surface area contributed by atoms with E-state index in [4.69, 9.17) is 4.74 Å². The van der Waals surface area contributed by atoms with Crippen molar-refractivity contribution >= 4 is 47.8 Å². The summed E-state index contributed by atoms with van der Waals surface area (Å²) in [6.07, 6.45) is 12.6. The number of pyridine rings is 1. The fourth-order valence-corrected chi connectivity index (χ4v) is 9.25. The molecule has 15 heteroatoms. The first-order valence-electron chi connectivity index (χ1n) is 20.1. The third kappa shape index (κ3) is 8.72. The van der Waals surface area contributed by atoms with Crippen molar-refractivity contribution in [3.05, 3.63) is 153 Å². The molecule has 3 atom stereocenters. The van der Waals surface area contributed by atoms with Gasteiger partial charge in [0.25, 0.3) is 0 Å². The molecule has 2 fully saturated rings. The number of aliphatic hydroxyl groups is 1. The number of ether oxygens (including phenoxy) is 1. The maximum atomic E-state index is 12.4. The molecule has 10 rings (SSSR count). The molecule has 5 aliphatic rings. The number of hydrazine groups is 1. The van der Waals surface area contributed by atoms with Crippen LogP contribution in [0.25, 0.3) is 11.3 Å². The standard InChI is InChI=1S/C26H26N4O2.C19H20N4O3S.Li.H/c31-26-25-23-11-6-19-16-29(14-12-22(19)24(23)28-30(25)15-13-27-26)20-7-9-21(10-8-20)32-17-18-4-2-1-3-5-18;24-13(9-21-10-14-2-1-7-27-14)11-23-18(19(25)26)16-4-3-12-8-20-6-5-15(12)17(16)22-23;;/h1-5,7-10,12,14,16,23,25,28H,6,11,13,15,17H2,(H,27,31);1-2,5-8,13,21,24H,3-4,9-11H2,(H,25,26);;. The Morgan fingerprint density at radius 1 is 1.05 bits per heavy atom. The van der Waals surface area contributed by atoms with Gasteiger partial charge in [-0.15, -0.1) is 11.3 Å². The number of piperazine rings is 1. The van der Waals surface area contributed by atoms with E-state index in [2.05, 4.69) is 78.8 Å². The van der Waals surface area contributed by atoms with Gasteiger partial charge in [-0.25, -0.2) is 9.80 Å². The van der Waals surface area contributed by atoms with Crippen LogP contribution in [0.1, 0.15) is 44.9 Å². The number of carbonyl (C=O) groups is 2. The maximum absolute atomic E-state index is 12.4. The number of fused-ring (bicyclic) bond motifs is 7. The van der Waals surface area contributed by atoms with Gasteiger partial charge >= 0.3 is 24.8 Å². The van der Waals surface area contributed by atoms with Gasteiger partial charge in [-0.3, -0.25) is 14.5 Å². The first kappa shape index (κ1) is 41.3. The van der Waals surface area contributed by atoms with Crippen molar-refractivity contribution in [1.29, 1.82) is 0 Å². The summed E-state index contributed by atoms with van der Waals surface area (Å²) in [4.78, 5) is 31.8. The summed E-state index contributed by atoms with van der Waals surface area (Å²) in [5.41, 5.74) is 13.1. The van der Waals surface area contributed by atoms with E-state index in [0.717, 1.165) is 59.5 Å². The summed E-state index contributed by atoms with van der Waals surface area (Å²) in [7, 11) is 0. The number of rotatable bonds is 11. The van der Waals surface area contributed by atoms with Gasteiger partial charge in [-0.1, -0.05) is 36.4 Å². The predicted octanol–water partition coefficient (Wildman–Crippen LogP) is 4.77. The van der Waals surface area contributed by atoms with E-state index in [-0.39, 0.29) is 49.0 Å². The third-order valence-electron chi connectivity index (χ3n) is 11.4. The molecule has 0 radical (unpaired) electrons. The number of carboxylic acids is 1. The van der Waals surface area contributed by atoms with E-state index in [1.54, 1.807) is 23.7 Å². The Morgan fingerprint density at radius 3 is 2.70 bits per heavy atom. The van der Waals surface area contributed by atoms with Crippen molar-refractivity contribution in [1.82, 2.24) is 35.8 Å². The van der Waals surface area contributed by atoms with Gasteiger partial charge in [0.2, 0.25) is 5.91 Å². The first-order valence-corrected chi connectivity index (χ1v) is 20.9.